The van der Waals surface area contributed by atoms with Gasteiger partial charge in [0, 0.05) is 4.88 Å². The quantitative estimate of drug-likeness (QED) is 0.810. The summed E-state index contributed by atoms with van der Waals surface area (Å²) in [5.41, 5.74) is 14.6. The van der Waals surface area contributed by atoms with Gasteiger partial charge in [-0.3, -0.25) is 0 Å². The second-order valence-corrected chi connectivity index (χ2v) is 7.65. The molecule has 2 rings (SSSR count). The number of hydrogen-bond acceptors (Lipinski definition) is 2. The Kier molecular flexibility index (Phi) is 4.19. The zero-order valence-corrected chi connectivity index (χ0v) is 14.5. The molecule has 0 saturated carbocycles. The van der Waals surface area contributed by atoms with Crippen molar-refractivity contribution in [2.45, 2.75) is 40.7 Å². The fourth-order valence-electron chi connectivity index (χ4n) is 2.63. The van der Waals surface area contributed by atoms with E-state index in [4.69, 9.17) is 5.73 Å². The number of rotatable bonds is 2. The maximum atomic E-state index is 6.51. The Labute approximate surface area is 128 Å². The summed E-state index contributed by atoms with van der Waals surface area (Å²) >= 11 is 5.23. The average Bonchev–Trinajstić information content (AvgIpc) is 2.81. The van der Waals surface area contributed by atoms with Crippen molar-refractivity contribution in [2.24, 2.45) is 5.73 Å². The van der Waals surface area contributed by atoms with Crippen LogP contribution in [0.3, 0.4) is 0 Å². The molecule has 0 fully saturated rings. The van der Waals surface area contributed by atoms with Gasteiger partial charge in [-0.25, -0.2) is 0 Å². The molecule has 19 heavy (non-hydrogen) atoms. The summed E-state index contributed by atoms with van der Waals surface area (Å²) in [4.78, 5) is 1.21. The molecule has 0 aliphatic carbocycles. The molecule has 3 heteroatoms. The van der Waals surface area contributed by atoms with Crippen LogP contribution in [-0.2, 0) is 0 Å². The molecule has 1 unspecified atom stereocenters. The van der Waals surface area contributed by atoms with Gasteiger partial charge < -0.3 is 5.73 Å². The van der Waals surface area contributed by atoms with Crippen LogP contribution in [0.4, 0.5) is 0 Å². The first kappa shape index (κ1) is 14.8. The third kappa shape index (κ3) is 2.51. The number of thiophene rings is 1. The summed E-state index contributed by atoms with van der Waals surface area (Å²) in [5, 5.41) is 0. The normalized spacial score (nSPS) is 12.8. The van der Waals surface area contributed by atoms with E-state index in [0.29, 0.717) is 0 Å². The Balaban J connectivity index is 2.63. The molecule has 1 heterocycles. The third-order valence-corrected chi connectivity index (χ3v) is 5.98. The summed E-state index contributed by atoms with van der Waals surface area (Å²) in [6.07, 6.45) is 0. The van der Waals surface area contributed by atoms with Crippen molar-refractivity contribution in [3.8, 4) is 0 Å². The van der Waals surface area contributed by atoms with Crippen molar-refractivity contribution in [1.82, 2.24) is 0 Å². The van der Waals surface area contributed by atoms with Gasteiger partial charge in [-0.15, -0.1) is 11.3 Å². The summed E-state index contributed by atoms with van der Waals surface area (Å²) < 4.78 is 1.13. The first-order valence-corrected chi connectivity index (χ1v) is 8.03. The molecular formula is C16H20BrNS. The van der Waals surface area contributed by atoms with E-state index in [1.165, 1.54) is 38.3 Å². The minimum absolute atomic E-state index is 0.0331. The standard InChI is InChI=1S/C16H20BrNS/c1-8-9(2)11(4)15(12(5)10(8)3)16(18)13-6-7-14(17)19-13/h6-7,16H,18H2,1-5H3. The van der Waals surface area contributed by atoms with Crippen LogP contribution >= 0.6 is 27.3 Å². The average molecular weight is 338 g/mol. The van der Waals surface area contributed by atoms with Gasteiger partial charge >= 0.3 is 0 Å². The van der Waals surface area contributed by atoms with Gasteiger partial charge in [0.2, 0.25) is 0 Å². The zero-order chi connectivity index (χ0) is 14.3. The SMILES string of the molecule is Cc1c(C)c(C)c(C(N)c2ccc(Br)s2)c(C)c1C. The lowest BCUT2D eigenvalue weighted by Gasteiger charge is -2.22. The summed E-state index contributed by atoms with van der Waals surface area (Å²) in [6.45, 7) is 11.0. The molecule has 1 aromatic carbocycles. The van der Waals surface area contributed by atoms with Crippen molar-refractivity contribution in [1.29, 1.82) is 0 Å². The molecule has 2 N–H and O–H groups in total. The van der Waals surface area contributed by atoms with E-state index in [9.17, 15) is 0 Å². The highest BCUT2D eigenvalue weighted by atomic mass is 79.9. The van der Waals surface area contributed by atoms with Crippen LogP contribution < -0.4 is 5.73 Å². The van der Waals surface area contributed by atoms with Gasteiger partial charge in [0.25, 0.3) is 0 Å². The van der Waals surface area contributed by atoms with Crippen LogP contribution in [0.25, 0.3) is 0 Å². The minimum atomic E-state index is -0.0331. The Hall–Kier alpha value is -0.640. The van der Waals surface area contributed by atoms with E-state index >= 15 is 0 Å². The molecule has 0 bridgehead atoms. The largest absolute Gasteiger partial charge is 0.320 e. The van der Waals surface area contributed by atoms with Gasteiger partial charge in [0.05, 0.1) is 9.83 Å². The van der Waals surface area contributed by atoms with E-state index in [1.54, 1.807) is 11.3 Å². The van der Waals surface area contributed by atoms with E-state index in [-0.39, 0.29) is 6.04 Å². The van der Waals surface area contributed by atoms with E-state index < -0.39 is 0 Å². The molecular weight excluding hydrogens is 318 g/mol. The Bertz CT molecular complexity index is 599. The van der Waals surface area contributed by atoms with Crippen molar-refractivity contribution >= 4 is 27.3 Å². The first-order valence-electron chi connectivity index (χ1n) is 6.42. The van der Waals surface area contributed by atoms with E-state index in [1.807, 2.05) is 0 Å². The lowest BCUT2D eigenvalue weighted by Crippen LogP contribution is -2.16. The van der Waals surface area contributed by atoms with Crippen molar-refractivity contribution in [3.05, 3.63) is 54.2 Å². The summed E-state index contributed by atoms with van der Waals surface area (Å²) in [5.74, 6) is 0. The molecule has 0 amide bonds. The predicted octanol–water partition coefficient (Wildman–Crippen LogP) is 5.10. The number of hydrogen-bond donors (Lipinski definition) is 1. The van der Waals surface area contributed by atoms with Gasteiger partial charge in [-0.2, -0.15) is 0 Å². The van der Waals surface area contributed by atoms with Crippen LogP contribution in [0.5, 0.6) is 0 Å². The highest BCUT2D eigenvalue weighted by molar-refractivity contribution is 9.11. The summed E-state index contributed by atoms with van der Waals surface area (Å²) in [6, 6.07) is 4.15. The predicted molar refractivity (Wildman–Crippen MR) is 88.2 cm³/mol. The van der Waals surface area contributed by atoms with Gasteiger partial charge in [0.1, 0.15) is 0 Å². The lowest BCUT2D eigenvalue weighted by atomic mass is 9.86. The van der Waals surface area contributed by atoms with Crippen molar-refractivity contribution < 1.29 is 0 Å². The number of halogens is 1. The fourth-order valence-corrected chi connectivity index (χ4v) is 4.07. The van der Waals surface area contributed by atoms with Crippen LogP contribution in [-0.4, -0.2) is 0 Å². The monoisotopic (exact) mass is 337 g/mol. The number of benzene rings is 1. The molecule has 2 aromatic rings. The second-order valence-electron chi connectivity index (χ2n) is 5.16. The van der Waals surface area contributed by atoms with Crippen LogP contribution in [0.1, 0.15) is 44.3 Å². The van der Waals surface area contributed by atoms with Gasteiger partial charge in [0.15, 0.2) is 0 Å². The van der Waals surface area contributed by atoms with Crippen LogP contribution in [0.2, 0.25) is 0 Å². The Morgan fingerprint density at radius 3 is 1.79 bits per heavy atom. The molecule has 0 radical (unpaired) electrons. The molecule has 0 aliphatic heterocycles. The summed E-state index contributed by atoms with van der Waals surface area (Å²) in [7, 11) is 0. The maximum Gasteiger partial charge on any atom is 0.0702 e. The fraction of sp³-hybridized carbons (Fsp3) is 0.375. The second kappa shape index (κ2) is 5.39. The highest BCUT2D eigenvalue weighted by Gasteiger charge is 2.19. The molecule has 0 saturated heterocycles. The molecule has 1 aromatic heterocycles. The molecule has 102 valence electrons. The third-order valence-electron chi connectivity index (χ3n) is 4.27. The van der Waals surface area contributed by atoms with Crippen molar-refractivity contribution in [2.75, 3.05) is 0 Å². The van der Waals surface area contributed by atoms with E-state index in [2.05, 4.69) is 62.7 Å². The molecule has 1 atom stereocenters. The molecule has 0 aliphatic rings. The molecule has 0 spiro atoms. The van der Waals surface area contributed by atoms with Gasteiger partial charge in [-0.05, 0) is 96.1 Å². The minimum Gasteiger partial charge on any atom is -0.320 e. The van der Waals surface area contributed by atoms with E-state index in [0.717, 1.165) is 3.79 Å². The Morgan fingerprint density at radius 2 is 1.37 bits per heavy atom. The van der Waals surface area contributed by atoms with Crippen molar-refractivity contribution in [3.63, 3.8) is 0 Å². The topological polar surface area (TPSA) is 26.0 Å². The highest BCUT2D eigenvalue weighted by Crippen LogP contribution is 2.35. The Morgan fingerprint density at radius 1 is 0.895 bits per heavy atom. The maximum absolute atomic E-state index is 6.51. The first-order chi connectivity index (χ1) is 8.84. The lowest BCUT2D eigenvalue weighted by molar-refractivity contribution is 0.861. The smallest absolute Gasteiger partial charge is 0.0702 e. The molecule has 1 nitrogen and oxygen atoms in total. The van der Waals surface area contributed by atoms with Crippen LogP contribution in [0.15, 0.2) is 15.9 Å². The van der Waals surface area contributed by atoms with Crippen LogP contribution in [0, 0.1) is 34.6 Å². The number of nitrogens with two attached hydrogens (primary N) is 1. The zero-order valence-electron chi connectivity index (χ0n) is 12.1. The van der Waals surface area contributed by atoms with Gasteiger partial charge in [-0.1, -0.05) is 0 Å².